The highest BCUT2D eigenvalue weighted by Gasteiger charge is 2.86. The minimum absolute atomic E-state index is 0.811. The molecular formula is C3BrF9Si. The number of hydrogen-bond donors (Lipinski definition) is 0. The quantitative estimate of drug-likeness (QED) is 0.364. The standard InChI is InChI=1S/C3BrF9Si/c4-14(1(5,6)7,2(8,9)10)3(11,12)13. The van der Waals surface area contributed by atoms with Gasteiger partial charge in [0.15, 0.2) is 0 Å². The van der Waals surface area contributed by atoms with Gasteiger partial charge >= 0.3 is 24.1 Å². The molecule has 0 aliphatic rings. The van der Waals surface area contributed by atoms with E-state index in [2.05, 4.69) is 0 Å². The largest absolute Gasteiger partial charge is 0.489 e. The van der Waals surface area contributed by atoms with Gasteiger partial charge < -0.3 is 0 Å². The lowest BCUT2D eigenvalue weighted by Gasteiger charge is -2.30. The maximum atomic E-state index is 11.7. The van der Waals surface area contributed by atoms with Crippen molar-refractivity contribution in [3.8, 4) is 0 Å². The van der Waals surface area contributed by atoms with Crippen LogP contribution >= 0.6 is 15.3 Å². The highest BCUT2D eigenvalue weighted by Crippen LogP contribution is 2.53. The smallest absolute Gasteiger partial charge is 0.175 e. The molecule has 0 aliphatic heterocycles. The van der Waals surface area contributed by atoms with Gasteiger partial charge in [0.25, 0.3) is 0 Å². The van der Waals surface area contributed by atoms with E-state index in [1.54, 1.807) is 0 Å². The Morgan fingerprint density at radius 2 is 0.714 bits per heavy atom. The summed E-state index contributed by atoms with van der Waals surface area (Å²) in [6.45, 7) is -7.54. The summed E-state index contributed by atoms with van der Waals surface area (Å²) in [5, 5.41) is 0. The Kier molecular flexibility index (Phi) is 3.30. The maximum absolute atomic E-state index is 11.7. The summed E-state index contributed by atoms with van der Waals surface area (Å²) in [6, 6.07) is 0. The molecule has 0 atom stereocenters. The first-order valence-electron chi connectivity index (χ1n) is 2.64. The minimum Gasteiger partial charge on any atom is -0.175 e. The normalized spacial score (nSPS) is 15.9. The lowest BCUT2D eigenvalue weighted by Crippen LogP contribution is -2.67. The molecule has 0 rings (SSSR count). The molecule has 0 unspecified atom stereocenters. The highest BCUT2D eigenvalue weighted by atomic mass is 79.9. The molecule has 0 nitrogen and oxygen atoms in total. The minimum atomic E-state index is -7.54. The van der Waals surface area contributed by atoms with E-state index in [1.807, 2.05) is 0 Å². The van der Waals surface area contributed by atoms with Crippen LogP contribution in [-0.4, -0.2) is 24.1 Å². The van der Waals surface area contributed by atoms with Gasteiger partial charge in [-0.15, -0.1) is 0 Å². The van der Waals surface area contributed by atoms with Crippen molar-refractivity contribution in [1.82, 2.24) is 0 Å². The van der Waals surface area contributed by atoms with Gasteiger partial charge in [-0.25, -0.2) is 0 Å². The predicted octanol–water partition coefficient (Wildman–Crippen LogP) is 3.63. The predicted molar refractivity (Wildman–Crippen MR) is 32.8 cm³/mol. The van der Waals surface area contributed by atoms with Crippen molar-refractivity contribution in [3.05, 3.63) is 0 Å². The van der Waals surface area contributed by atoms with E-state index in [0.29, 0.717) is 0 Å². The van der Waals surface area contributed by atoms with Crippen molar-refractivity contribution in [2.75, 3.05) is 0 Å². The molecule has 11 heteroatoms. The van der Waals surface area contributed by atoms with E-state index in [1.165, 1.54) is 0 Å². The molecule has 0 N–H and O–H groups in total. The van der Waals surface area contributed by atoms with E-state index < -0.39 is 24.1 Å². The summed E-state index contributed by atoms with van der Waals surface area (Å²) in [7, 11) is 0. The van der Waals surface area contributed by atoms with Gasteiger partial charge in [-0.2, -0.15) is 39.5 Å². The van der Waals surface area contributed by atoms with Crippen LogP contribution in [0.2, 0.25) is 0 Å². The van der Waals surface area contributed by atoms with E-state index >= 15 is 0 Å². The average molecular weight is 315 g/mol. The molecule has 0 saturated carbocycles. The van der Waals surface area contributed by atoms with Gasteiger partial charge in [0.1, 0.15) is 0 Å². The van der Waals surface area contributed by atoms with E-state index in [4.69, 9.17) is 0 Å². The summed E-state index contributed by atoms with van der Waals surface area (Å²) in [4.78, 5) is 0. The van der Waals surface area contributed by atoms with Crippen LogP contribution in [0, 0.1) is 0 Å². The van der Waals surface area contributed by atoms with Gasteiger partial charge in [-0.05, 0) is 0 Å². The molecule has 0 aliphatic carbocycles. The van der Waals surface area contributed by atoms with Gasteiger partial charge in [0, 0.05) is 0 Å². The Balaban J connectivity index is 5.54. The third-order valence-electron chi connectivity index (χ3n) is 1.17. The molecule has 86 valence electrons. The first kappa shape index (κ1) is 14.1. The molecule has 0 bridgehead atoms. The third-order valence-corrected chi connectivity index (χ3v) is 7.56. The van der Waals surface area contributed by atoms with Crippen molar-refractivity contribution in [3.63, 3.8) is 0 Å². The molecule has 0 heterocycles. The molecule has 0 aromatic carbocycles. The molecular weight excluding hydrogens is 315 g/mol. The molecule has 0 radical (unpaired) electrons. The average Bonchev–Trinajstić information content (AvgIpc) is 1.77. The van der Waals surface area contributed by atoms with Crippen molar-refractivity contribution in [1.29, 1.82) is 0 Å². The van der Waals surface area contributed by atoms with Crippen LogP contribution in [-0.2, 0) is 0 Å². The number of alkyl halides is 9. The Hall–Kier alpha value is 0.0669. The summed E-state index contributed by atoms with van der Waals surface area (Å²) in [5.74, 6) is -19.1. The summed E-state index contributed by atoms with van der Waals surface area (Å²) in [6.07, 6.45) is 0. The molecule has 0 amide bonds. The first-order valence-corrected chi connectivity index (χ1v) is 6.90. The number of hydrogen-bond acceptors (Lipinski definition) is 0. The van der Waals surface area contributed by atoms with Gasteiger partial charge in [-0.1, -0.05) is 15.3 Å². The summed E-state index contributed by atoms with van der Waals surface area (Å²) >= 11 is 0.811. The number of halogens is 10. The zero-order chi connectivity index (χ0) is 12.0. The fourth-order valence-electron chi connectivity index (χ4n) is 0.482. The van der Waals surface area contributed by atoms with Crippen LogP contribution in [0.3, 0.4) is 0 Å². The molecule has 0 fully saturated rings. The molecule has 0 aromatic heterocycles. The lowest BCUT2D eigenvalue weighted by atomic mass is 11.4. The lowest BCUT2D eigenvalue weighted by molar-refractivity contribution is -0.154. The highest BCUT2D eigenvalue weighted by molar-refractivity contribution is 9.26. The Morgan fingerprint density at radius 3 is 0.714 bits per heavy atom. The zero-order valence-electron chi connectivity index (χ0n) is 5.78. The van der Waals surface area contributed by atoms with E-state index in [0.717, 1.165) is 15.3 Å². The second-order valence-corrected chi connectivity index (χ2v) is 8.74. The topological polar surface area (TPSA) is 0 Å². The van der Waals surface area contributed by atoms with Crippen molar-refractivity contribution >= 4 is 22.0 Å². The fourth-order valence-corrected chi connectivity index (χ4v) is 1.45. The molecule has 0 aromatic rings. The molecule has 14 heavy (non-hydrogen) atoms. The second-order valence-electron chi connectivity index (χ2n) is 2.15. The Bertz CT molecular complexity index is 174. The Morgan fingerprint density at radius 1 is 0.571 bits per heavy atom. The van der Waals surface area contributed by atoms with Crippen LogP contribution in [0.25, 0.3) is 0 Å². The summed E-state index contributed by atoms with van der Waals surface area (Å²) < 4.78 is 105. The van der Waals surface area contributed by atoms with Crippen LogP contribution in [0.4, 0.5) is 39.5 Å². The summed E-state index contributed by atoms with van der Waals surface area (Å²) in [5.41, 5.74) is 0. The van der Waals surface area contributed by atoms with Crippen LogP contribution < -0.4 is 0 Å². The number of rotatable bonds is 0. The third kappa shape index (κ3) is 2.02. The van der Waals surface area contributed by atoms with Crippen LogP contribution in [0.15, 0.2) is 0 Å². The van der Waals surface area contributed by atoms with Crippen LogP contribution in [0.5, 0.6) is 0 Å². The molecule has 0 saturated heterocycles. The zero-order valence-corrected chi connectivity index (χ0v) is 8.37. The maximum Gasteiger partial charge on any atom is 0.489 e. The Labute approximate surface area is 79.7 Å². The first-order chi connectivity index (χ1) is 5.75. The fraction of sp³-hybridized carbons (Fsp3) is 1.00. The van der Waals surface area contributed by atoms with Crippen molar-refractivity contribution in [2.24, 2.45) is 0 Å². The van der Waals surface area contributed by atoms with Gasteiger partial charge in [0.05, 0.1) is 0 Å². The van der Waals surface area contributed by atoms with E-state index in [9.17, 15) is 39.5 Å². The van der Waals surface area contributed by atoms with Crippen LogP contribution in [0.1, 0.15) is 0 Å². The second kappa shape index (κ2) is 3.28. The van der Waals surface area contributed by atoms with Crippen molar-refractivity contribution < 1.29 is 39.5 Å². The molecule has 0 spiro atoms. The van der Waals surface area contributed by atoms with Crippen molar-refractivity contribution in [2.45, 2.75) is 17.4 Å². The van der Waals surface area contributed by atoms with Gasteiger partial charge in [0.2, 0.25) is 0 Å². The monoisotopic (exact) mass is 314 g/mol. The SMILES string of the molecule is FC(F)(F)[Si](Br)(C(F)(F)F)C(F)(F)F. The van der Waals surface area contributed by atoms with E-state index in [-0.39, 0.29) is 0 Å². The van der Waals surface area contributed by atoms with Gasteiger partial charge in [-0.3, -0.25) is 0 Å².